The maximum absolute atomic E-state index is 13.3. The Bertz CT molecular complexity index is 447. The third-order valence-electron chi connectivity index (χ3n) is 2.31. The SMILES string of the molecule is CCOC(=O)C(C)c1cccc(F)c1[N+](=O)[O-]. The molecule has 0 bridgehead atoms. The fraction of sp³-hybridized carbons (Fsp3) is 0.364. The summed E-state index contributed by atoms with van der Waals surface area (Å²) in [5.41, 5.74) is -0.651. The molecular formula is C11H12FNO4. The first kappa shape index (κ1) is 13.1. The first-order valence-corrected chi connectivity index (χ1v) is 5.08. The molecule has 0 fully saturated rings. The molecule has 92 valence electrons. The van der Waals surface area contributed by atoms with Crippen LogP contribution in [0, 0.1) is 15.9 Å². The number of nitro groups is 1. The minimum absolute atomic E-state index is 0.0217. The molecular weight excluding hydrogens is 229 g/mol. The number of hydrogen-bond acceptors (Lipinski definition) is 4. The van der Waals surface area contributed by atoms with Crippen LogP contribution in [0.2, 0.25) is 0 Å². The minimum Gasteiger partial charge on any atom is -0.466 e. The zero-order valence-electron chi connectivity index (χ0n) is 9.47. The quantitative estimate of drug-likeness (QED) is 0.461. The summed E-state index contributed by atoms with van der Waals surface area (Å²) in [6.45, 7) is 3.25. The highest BCUT2D eigenvalue weighted by molar-refractivity contribution is 5.79. The van der Waals surface area contributed by atoms with Gasteiger partial charge in [-0.05, 0) is 19.9 Å². The van der Waals surface area contributed by atoms with Crippen molar-refractivity contribution in [1.29, 1.82) is 0 Å². The summed E-state index contributed by atoms with van der Waals surface area (Å²) in [5.74, 6) is -2.43. The van der Waals surface area contributed by atoms with Crippen LogP contribution in [0.25, 0.3) is 0 Å². The average molecular weight is 241 g/mol. The molecule has 0 N–H and O–H groups in total. The van der Waals surface area contributed by atoms with Crippen molar-refractivity contribution in [2.75, 3.05) is 6.61 Å². The lowest BCUT2D eigenvalue weighted by Crippen LogP contribution is -2.15. The van der Waals surface area contributed by atoms with Gasteiger partial charge in [0.05, 0.1) is 17.4 Å². The van der Waals surface area contributed by atoms with E-state index in [9.17, 15) is 19.3 Å². The predicted octanol–water partition coefficient (Wildman–Crippen LogP) is 2.40. The summed E-state index contributed by atoms with van der Waals surface area (Å²) in [7, 11) is 0. The second-order valence-electron chi connectivity index (χ2n) is 3.41. The highest BCUT2D eigenvalue weighted by Gasteiger charge is 2.28. The van der Waals surface area contributed by atoms with Crippen LogP contribution in [0.3, 0.4) is 0 Å². The molecule has 0 aliphatic rings. The lowest BCUT2D eigenvalue weighted by atomic mass is 9.99. The van der Waals surface area contributed by atoms with Crippen molar-refractivity contribution in [3.63, 3.8) is 0 Å². The third kappa shape index (κ3) is 2.77. The lowest BCUT2D eigenvalue weighted by Gasteiger charge is -2.11. The van der Waals surface area contributed by atoms with Gasteiger partial charge in [0.1, 0.15) is 0 Å². The van der Waals surface area contributed by atoms with Gasteiger partial charge in [0, 0.05) is 5.56 Å². The van der Waals surface area contributed by atoms with E-state index in [0.717, 1.165) is 6.07 Å². The molecule has 0 radical (unpaired) electrons. The molecule has 0 aromatic heterocycles. The van der Waals surface area contributed by atoms with E-state index in [0.29, 0.717) is 0 Å². The number of benzene rings is 1. The zero-order valence-corrected chi connectivity index (χ0v) is 9.47. The van der Waals surface area contributed by atoms with Gasteiger partial charge in [-0.3, -0.25) is 14.9 Å². The minimum atomic E-state index is -0.955. The summed E-state index contributed by atoms with van der Waals surface area (Å²) >= 11 is 0. The fourth-order valence-electron chi connectivity index (χ4n) is 1.47. The Kier molecular flexibility index (Phi) is 4.14. The summed E-state index contributed by atoms with van der Waals surface area (Å²) in [6.07, 6.45) is 0. The first-order valence-electron chi connectivity index (χ1n) is 5.08. The molecule has 0 aliphatic heterocycles. The molecule has 0 saturated heterocycles. The summed E-state index contributed by atoms with van der Waals surface area (Å²) in [5, 5.41) is 10.7. The van der Waals surface area contributed by atoms with Gasteiger partial charge in [-0.15, -0.1) is 0 Å². The van der Waals surface area contributed by atoms with E-state index in [-0.39, 0.29) is 12.2 Å². The van der Waals surface area contributed by atoms with Crippen LogP contribution < -0.4 is 0 Å². The molecule has 0 spiro atoms. The molecule has 0 aliphatic carbocycles. The van der Waals surface area contributed by atoms with Crippen molar-refractivity contribution in [2.24, 2.45) is 0 Å². The second kappa shape index (κ2) is 5.38. The Morgan fingerprint density at radius 1 is 1.59 bits per heavy atom. The molecule has 0 heterocycles. The van der Waals surface area contributed by atoms with E-state index in [1.807, 2.05) is 0 Å². The summed E-state index contributed by atoms with van der Waals surface area (Å²) in [6, 6.07) is 3.66. The van der Waals surface area contributed by atoms with Crippen molar-refractivity contribution >= 4 is 11.7 Å². The Morgan fingerprint density at radius 2 is 2.24 bits per heavy atom. The Morgan fingerprint density at radius 3 is 2.76 bits per heavy atom. The number of carbonyl (C=O) groups is 1. The van der Waals surface area contributed by atoms with Gasteiger partial charge in [0.25, 0.3) is 0 Å². The van der Waals surface area contributed by atoms with E-state index in [4.69, 9.17) is 4.74 Å². The average Bonchev–Trinajstić information content (AvgIpc) is 2.27. The number of esters is 1. The van der Waals surface area contributed by atoms with Crippen molar-refractivity contribution < 1.29 is 18.8 Å². The van der Waals surface area contributed by atoms with Crippen molar-refractivity contribution in [3.05, 3.63) is 39.7 Å². The van der Waals surface area contributed by atoms with Gasteiger partial charge in [0.15, 0.2) is 0 Å². The second-order valence-corrected chi connectivity index (χ2v) is 3.41. The highest BCUT2D eigenvalue weighted by atomic mass is 19.1. The fourth-order valence-corrected chi connectivity index (χ4v) is 1.47. The van der Waals surface area contributed by atoms with E-state index in [1.54, 1.807) is 6.92 Å². The molecule has 0 amide bonds. The predicted molar refractivity (Wildman–Crippen MR) is 58.1 cm³/mol. The molecule has 1 aromatic carbocycles. The molecule has 5 nitrogen and oxygen atoms in total. The number of nitro benzene ring substituents is 1. The molecule has 1 unspecified atom stereocenters. The smallest absolute Gasteiger partial charge is 0.313 e. The number of carbonyl (C=O) groups excluding carboxylic acids is 1. The summed E-state index contributed by atoms with van der Waals surface area (Å²) in [4.78, 5) is 21.4. The van der Waals surface area contributed by atoms with Gasteiger partial charge < -0.3 is 4.74 Å². The number of ether oxygens (including phenoxy) is 1. The molecule has 1 rings (SSSR count). The van der Waals surface area contributed by atoms with Crippen LogP contribution in [-0.2, 0) is 9.53 Å². The molecule has 1 atom stereocenters. The van der Waals surface area contributed by atoms with E-state index >= 15 is 0 Å². The number of nitrogens with zero attached hydrogens (tertiary/aromatic N) is 1. The van der Waals surface area contributed by atoms with Gasteiger partial charge in [-0.2, -0.15) is 4.39 Å². The topological polar surface area (TPSA) is 69.4 Å². The number of rotatable bonds is 4. The number of para-hydroxylation sites is 1. The van der Waals surface area contributed by atoms with Gasteiger partial charge >= 0.3 is 11.7 Å². The van der Waals surface area contributed by atoms with Crippen LogP contribution in [0.1, 0.15) is 25.3 Å². The van der Waals surface area contributed by atoms with Crippen LogP contribution in [0.4, 0.5) is 10.1 Å². The Labute approximate surface area is 97.3 Å². The Balaban J connectivity index is 3.17. The molecule has 1 aromatic rings. The van der Waals surface area contributed by atoms with Gasteiger partial charge in [-0.25, -0.2) is 0 Å². The molecule has 0 saturated carbocycles. The van der Waals surface area contributed by atoms with Gasteiger partial charge in [-0.1, -0.05) is 12.1 Å². The third-order valence-corrected chi connectivity index (χ3v) is 2.31. The van der Waals surface area contributed by atoms with Crippen molar-refractivity contribution in [3.8, 4) is 0 Å². The van der Waals surface area contributed by atoms with Crippen molar-refractivity contribution in [1.82, 2.24) is 0 Å². The zero-order chi connectivity index (χ0) is 13.0. The Hall–Kier alpha value is -1.98. The van der Waals surface area contributed by atoms with Crippen LogP contribution >= 0.6 is 0 Å². The monoisotopic (exact) mass is 241 g/mol. The summed E-state index contributed by atoms with van der Waals surface area (Å²) < 4.78 is 18.1. The highest BCUT2D eigenvalue weighted by Crippen LogP contribution is 2.29. The first-order chi connectivity index (χ1) is 7.99. The van der Waals surface area contributed by atoms with E-state index < -0.39 is 28.3 Å². The largest absolute Gasteiger partial charge is 0.466 e. The van der Waals surface area contributed by atoms with Crippen LogP contribution in [-0.4, -0.2) is 17.5 Å². The van der Waals surface area contributed by atoms with Crippen molar-refractivity contribution in [2.45, 2.75) is 19.8 Å². The standard InChI is InChI=1S/C11H12FNO4/c1-3-17-11(14)7(2)8-5-4-6-9(12)10(8)13(15)16/h4-7H,3H2,1-2H3. The van der Waals surface area contributed by atoms with Gasteiger partial charge in [0.2, 0.25) is 5.82 Å². The number of halogens is 1. The number of hydrogen-bond donors (Lipinski definition) is 0. The lowest BCUT2D eigenvalue weighted by molar-refractivity contribution is -0.388. The maximum Gasteiger partial charge on any atom is 0.313 e. The maximum atomic E-state index is 13.3. The molecule has 17 heavy (non-hydrogen) atoms. The molecule has 6 heteroatoms. The van der Waals surface area contributed by atoms with E-state index in [1.165, 1.54) is 19.1 Å². The normalized spacial score (nSPS) is 11.9. The van der Waals surface area contributed by atoms with Crippen LogP contribution in [0.5, 0.6) is 0 Å². The van der Waals surface area contributed by atoms with E-state index in [2.05, 4.69) is 0 Å². The van der Waals surface area contributed by atoms with Crippen LogP contribution in [0.15, 0.2) is 18.2 Å².